The second-order valence-electron chi connectivity index (χ2n) is 5.53. The molecule has 0 spiro atoms. The van der Waals surface area contributed by atoms with Gasteiger partial charge in [-0.3, -0.25) is 10.1 Å². The summed E-state index contributed by atoms with van der Waals surface area (Å²) >= 11 is 1.50. The number of aromatic nitrogens is 1. The van der Waals surface area contributed by atoms with Crippen LogP contribution in [-0.4, -0.2) is 16.0 Å². The molecule has 5 nitrogen and oxygen atoms in total. The number of non-ortho nitro benzene ring substituents is 1. The molecule has 3 rings (SSSR count). The number of thiazole rings is 1. The second-order valence-corrected chi connectivity index (χ2v) is 6.59. The zero-order valence-corrected chi connectivity index (χ0v) is 14.1. The Kier molecular flexibility index (Phi) is 4.57. The average Bonchev–Trinajstić information content (AvgIpc) is 2.95. The molecule has 24 heavy (non-hydrogen) atoms. The van der Waals surface area contributed by atoms with Crippen molar-refractivity contribution in [1.29, 1.82) is 0 Å². The third kappa shape index (κ3) is 3.78. The number of nitrogens with zero attached hydrogens (tertiary/aromatic N) is 2. The third-order valence-corrected chi connectivity index (χ3v) is 4.27. The smallest absolute Gasteiger partial charge is 0.271 e. The van der Waals surface area contributed by atoms with Crippen LogP contribution in [0.2, 0.25) is 0 Å². The van der Waals surface area contributed by atoms with E-state index in [1.807, 2.05) is 50.3 Å². The summed E-state index contributed by atoms with van der Waals surface area (Å²) in [5.74, 6) is 0.842. The molecule has 0 amide bonds. The van der Waals surface area contributed by atoms with Crippen LogP contribution in [0.3, 0.4) is 0 Å². The molecule has 0 atom stereocenters. The van der Waals surface area contributed by atoms with E-state index in [0.29, 0.717) is 5.52 Å². The molecule has 0 unspecified atom stereocenters. The maximum Gasteiger partial charge on any atom is 0.271 e. The maximum absolute atomic E-state index is 10.8. The first kappa shape index (κ1) is 16.1. The number of nitro benzene ring substituents is 1. The van der Waals surface area contributed by atoms with Crippen LogP contribution in [0.15, 0.2) is 42.5 Å². The van der Waals surface area contributed by atoms with Gasteiger partial charge in [-0.25, -0.2) is 4.98 Å². The lowest BCUT2D eigenvalue weighted by atomic mass is 10.2. The number of hydrogen-bond acceptors (Lipinski definition) is 5. The lowest BCUT2D eigenvalue weighted by Crippen LogP contribution is -2.05. The minimum atomic E-state index is -0.408. The molecule has 1 aromatic heterocycles. The van der Waals surface area contributed by atoms with Gasteiger partial charge in [0.2, 0.25) is 0 Å². The van der Waals surface area contributed by atoms with E-state index in [2.05, 4.69) is 4.98 Å². The van der Waals surface area contributed by atoms with Crippen LogP contribution in [0.25, 0.3) is 22.4 Å². The van der Waals surface area contributed by atoms with Crippen molar-refractivity contribution in [3.05, 3.63) is 63.1 Å². The van der Waals surface area contributed by atoms with E-state index in [1.54, 1.807) is 6.07 Å². The SMILES string of the molecule is CC(C)Oc1ccc(/C=C/c2nc3cc([N+](=O)[O-])ccc3s2)cc1. The van der Waals surface area contributed by atoms with Crippen molar-refractivity contribution in [2.75, 3.05) is 0 Å². The lowest BCUT2D eigenvalue weighted by molar-refractivity contribution is -0.384. The molecular formula is C18H16N2O3S. The predicted molar refractivity (Wildman–Crippen MR) is 97.4 cm³/mol. The van der Waals surface area contributed by atoms with Gasteiger partial charge < -0.3 is 4.74 Å². The molecule has 3 aromatic rings. The quantitative estimate of drug-likeness (QED) is 0.475. The van der Waals surface area contributed by atoms with Crippen LogP contribution in [0.4, 0.5) is 5.69 Å². The molecule has 0 bridgehead atoms. The minimum absolute atomic E-state index is 0.0593. The summed E-state index contributed by atoms with van der Waals surface area (Å²) in [5.41, 5.74) is 1.75. The monoisotopic (exact) mass is 340 g/mol. The van der Waals surface area contributed by atoms with Gasteiger partial charge in [0.15, 0.2) is 0 Å². The summed E-state index contributed by atoms with van der Waals surface area (Å²) in [6.45, 7) is 3.98. The molecular weight excluding hydrogens is 324 g/mol. The van der Waals surface area contributed by atoms with Gasteiger partial charge in [0.05, 0.1) is 21.2 Å². The molecule has 1 heterocycles. The summed E-state index contributed by atoms with van der Waals surface area (Å²) in [6, 6.07) is 12.6. The van der Waals surface area contributed by atoms with E-state index in [4.69, 9.17) is 4.74 Å². The molecule has 6 heteroatoms. The van der Waals surface area contributed by atoms with Gasteiger partial charge in [0.1, 0.15) is 10.8 Å². The summed E-state index contributed by atoms with van der Waals surface area (Å²) in [4.78, 5) is 14.8. The number of ether oxygens (including phenoxy) is 1. The standard InChI is InChI=1S/C18H16N2O3S/c1-12(2)23-15-7-3-13(4-8-15)5-10-18-19-16-11-14(20(21)22)6-9-17(16)24-18/h3-12H,1-2H3/b10-5+. The Labute approximate surface area is 143 Å². The van der Waals surface area contributed by atoms with Crippen LogP contribution in [-0.2, 0) is 0 Å². The van der Waals surface area contributed by atoms with E-state index in [-0.39, 0.29) is 11.8 Å². The lowest BCUT2D eigenvalue weighted by Gasteiger charge is -2.09. The van der Waals surface area contributed by atoms with E-state index >= 15 is 0 Å². The molecule has 0 radical (unpaired) electrons. The fourth-order valence-corrected chi connectivity index (χ4v) is 3.07. The molecule has 0 aliphatic carbocycles. The van der Waals surface area contributed by atoms with E-state index in [9.17, 15) is 10.1 Å². The molecule has 0 N–H and O–H groups in total. The fourth-order valence-electron chi connectivity index (χ4n) is 2.22. The highest BCUT2D eigenvalue weighted by molar-refractivity contribution is 7.19. The highest BCUT2D eigenvalue weighted by Crippen LogP contribution is 2.27. The number of hydrogen-bond donors (Lipinski definition) is 0. The van der Waals surface area contributed by atoms with E-state index in [0.717, 1.165) is 21.0 Å². The number of benzene rings is 2. The van der Waals surface area contributed by atoms with Crippen LogP contribution in [0.1, 0.15) is 24.4 Å². The zero-order chi connectivity index (χ0) is 17.1. The van der Waals surface area contributed by atoms with Crippen molar-refractivity contribution in [2.45, 2.75) is 20.0 Å². The van der Waals surface area contributed by atoms with Crippen molar-refractivity contribution >= 4 is 39.4 Å². The normalized spacial score (nSPS) is 11.5. The van der Waals surface area contributed by atoms with Crippen LogP contribution in [0, 0.1) is 10.1 Å². The third-order valence-electron chi connectivity index (χ3n) is 3.27. The summed E-state index contributed by atoms with van der Waals surface area (Å²) in [6.07, 6.45) is 4.03. The topological polar surface area (TPSA) is 65.3 Å². The van der Waals surface area contributed by atoms with Crippen LogP contribution >= 0.6 is 11.3 Å². The summed E-state index contributed by atoms with van der Waals surface area (Å²) in [5, 5.41) is 11.6. The minimum Gasteiger partial charge on any atom is -0.491 e. The number of fused-ring (bicyclic) bond motifs is 1. The Hall–Kier alpha value is -2.73. The van der Waals surface area contributed by atoms with Crippen molar-refractivity contribution < 1.29 is 9.66 Å². The first-order chi connectivity index (χ1) is 11.5. The molecule has 2 aromatic carbocycles. The molecule has 0 saturated carbocycles. The predicted octanol–water partition coefficient (Wildman–Crippen LogP) is 5.16. The van der Waals surface area contributed by atoms with E-state index in [1.165, 1.54) is 23.5 Å². The summed E-state index contributed by atoms with van der Waals surface area (Å²) in [7, 11) is 0. The average molecular weight is 340 g/mol. The van der Waals surface area contributed by atoms with Crippen molar-refractivity contribution in [3.63, 3.8) is 0 Å². The van der Waals surface area contributed by atoms with Gasteiger partial charge in [0, 0.05) is 12.1 Å². The molecule has 0 aliphatic heterocycles. The van der Waals surface area contributed by atoms with E-state index < -0.39 is 4.92 Å². The first-order valence-corrected chi connectivity index (χ1v) is 8.33. The number of rotatable bonds is 5. The van der Waals surface area contributed by atoms with Gasteiger partial charge in [-0.15, -0.1) is 11.3 Å². The molecule has 0 fully saturated rings. The second kappa shape index (κ2) is 6.80. The van der Waals surface area contributed by atoms with Crippen LogP contribution in [0.5, 0.6) is 5.75 Å². The Balaban J connectivity index is 1.78. The maximum atomic E-state index is 10.8. The Morgan fingerprint density at radius 3 is 2.58 bits per heavy atom. The zero-order valence-electron chi connectivity index (χ0n) is 13.3. The summed E-state index contributed by atoms with van der Waals surface area (Å²) < 4.78 is 6.54. The highest BCUT2D eigenvalue weighted by atomic mass is 32.1. The van der Waals surface area contributed by atoms with Crippen LogP contribution < -0.4 is 4.74 Å². The molecule has 0 saturated heterocycles. The Morgan fingerprint density at radius 1 is 1.17 bits per heavy atom. The van der Waals surface area contributed by atoms with Crippen molar-refractivity contribution in [2.24, 2.45) is 0 Å². The Morgan fingerprint density at radius 2 is 1.92 bits per heavy atom. The van der Waals surface area contributed by atoms with Gasteiger partial charge >= 0.3 is 0 Å². The van der Waals surface area contributed by atoms with Crippen molar-refractivity contribution in [3.8, 4) is 5.75 Å². The fraction of sp³-hybridized carbons (Fsp3) is 0.167. The number of nitro groups is 1. The Bertz CT molecular complexity index is 898. The van der Waals surface area contributed by atoms with Gasteiger partial charge in [-0.05, 0) is 43.7 Å². The van der Waals surface area contributed by atoms with Gasteiger partial charge in [0.25, 0.3) is 5.69 Å². The van der Waals surface area contributed by atoms with Gasteiger partial charge in [-0.2, -0.15) is 0 Å². The molecule has 122 valence electrons. The molecule has 0 aliphatic rings. The first-order valence-electron chi connectivity index (χ1n) is 7.51. The van der Waals surface area contributed by atoms with Gasteiger partial charge in [-0.1, -0.05) is 18.2 Å². The highest BCUT2D eigenvalue weighted by Gasteiger charge is 2.09. The van der Waals surface area contributed by atoms with Crippen molar-refractivity contribution in [1.82, 2.24) is 4.98 Å². The largest absolute Gasteiger partial charge is 0.491 e.